The molecule has 1 saturated heterocycles. The Morgan fingerprint density at radius 1 is 1.28 bits per heavy atom. The molecule has 2 aliphatic rings. The number of nitrogens with zero attached hydrogens (tertiary/aromatic N) is 1. The Morgan fingerprint density at radius 3 is 2.59 bits per heavy atom. The van der Waals surface area contributed by atoms with E-state index in [-0.39, 0.29) is 28.5 Å². The van der Waals surface area contributed by atoms with Crippen LogP contribution in [0.4, 0.5) is 13.2 Å². The van der Waals surface area contributed by atoms with Crippen molar-refractivity contribution in [1.82, 2.24) is 0 Å². The second kappa shape index (κ2) is 8.52. The van der Waals surface area contributed by atoms with Crippen LogP contribution in [0.5, 0.6) is 0 Å². The van der Waals surface area contributed by atoms with E-state index in [2.05, 4.69) is 6.92 Å². The third-order valence-corrected chi connectivity index (χ3v) is 6.96. The van der Waals surface area contributed by atoms with Crippen LogP contribution >= 0.6 is 11.8 Å². The van der Waals surface area contributed by atoms with E-state index < -0.39 is 24.6 Å². The molecule has 0 radical (unpaired) electrons. The van der Waals surface area contributed by atoms with E-state index >= 15 is 0 Å². The molecule has 8 heteroatoms. The van der Waals surface area contributed by atoms with Crippen LogP contribution in [0.2, 0.25) is 0 Å². The maximum Gasteiger partial charge on any atom is 0.422 e. The monoisotopic (exact) mass is 428 g/mol. The maximum atomic E-state index is 13.0. The number of halogens is 3. The summed E-state index contributed by atoms with van der Waals surface area (Å²) in [5.41, 5.74) is 0.490. The van der Waals surface area contributed by atoms with E-state index in [0.29, 0.717) is 10.8 Å². The summed E-state index contributed by atoms with van der Waals surface area (Å²) in [5.74, 6) is -0.0785. The molecule has 1 fully saturated rings. The van der Waals surface area contributed by atoms with Gasteiger partial charge in [0.2, 0.25) is 5.76 Å². The second-order valence-electron chi connectivity index (χ2n) is 7.85. The molecule has 4 atom stereocenters. The lowest BCUT2D eigenvalue weighted by Gasteiger charge is -2.42. The highest BCUT2D eigenvalue weighted by Crippen LogP contribution is 2.39. The summed E-state index contributed by atoms with van der Waals surface area (Å²) >= 11 is 1.84. The minimum absolute atomic E-state index is 0.0516. The number of alkyl halides is 3. The van der Waals surface area contributed by atoms with Crippen LogP contribution < -0.4 is 0 Å². The number of rotatable bonds is 6. The third kappa shape index (κ3) is 5.04. The van der Waals surface area contributed by atoms with Crippen LogP contribution in [-0.4, -0.2) is 59.0 Å². The number of carbonyl (C=O) groups excluding carboxylic acids is 2. The molecule has 0 aromatic heterocycles. The number of likely N-dealkylation sites (N-methyl/N-ethyl adjacent to an activating group) is 1. The fourth-order valence-corrected chi connectivity index (χ4v) is 5.31. The smallest absolute Gasteiger partial charge is 0.422 e. The molecule has 0 amide bonds. The van der Waals surface area contributed by atoms with E-state index in [1.165, 1.54) is 6.20 Å². The van der Waals surface area contributed by atoms with E-state index in [1.54, 1.807) is 30.3 Å². The fraction of sp³-hybridized carbons (Fsp3) is 0.524. The van der Waals surface area contributed by atoms with Crippen molar-refractivity contribution in [2.75, 3.05) is 19.4 Å². The van der Waals surface area contributed by atoms with Crippen molar-refractivity contribution in [3.63, 3.8) is 0 Å². The molecule has 0 N–H and O–H groups in total. The van der Waals surface area contributed by atoms with Crippen LogP contribution in [-0.2, 0) is 9.53 Å². The number of thioether (sulfide) groups is 1. The predicted molar refractivity (Wildman–Crippen MR) is 105 cm³/mol. The summed E-state index contributed by atoms with van der Waals surface area (Å²) in [6.07, 6.45) is -1.43. The largest absolute Gasteiger partial charge is 0.476 e. The van der Waals surface area contributed by atoms with Crippen molar-refractivity contribution in [3.05, 3.63) is 47.9 Å². The molecule has 2 heterocycles. The van der Waals surface area contributed by atoms with Gasteiger partial charge in [-0.15, -0.1) is 0 Å². The molecule has 4 unspecified atom stereocenters. The van der Waals surface area contributed by atoms with Crippen molar-refractivity contribution in [1.29, 1.82) is 0 Å². The first-order valence-corrected chi connectivity index (χ1v) is 10.7. The number of benzene rings is 1. The van der Waals surface area contributed by atoms with E-state index in [0.717, 1.165) is 18.6 Å². The molecular formula is C21H25F3NO3S+. The number of carbonyl (C=O) groups is 2. The van der Waals surface area contributed by atoms with Gasteiger partial charge in [0.05, 0.1) is 19.5 Å². The molecule has 2 aliphatic heterocycles. The summed E-state index contributed by atoms with van der Waals surface area (Å²) in [6.45, 7) is 0.594. The number of Topliss-reactive ketones (excluding diaryl/α,β-unsaturated/α-hetero) is 2. The van der Waals surface area contributed by atoms with E-state index in [4.69, 9.17) is 4.74 Å². The van der Waals surface area contributed by atoms with Gasteiger partial charge in [-0.25, -0.2) is 0 Å². The fourth-order valence-electron chi connectivity index (χ4n) is 4.14. The lowest BCUT2D eigenvalue weighted by molar-refractivity contribution is -0.897. The van der Waals surface area contributed by atoms with Gasteiger partial charge in [0, 0.05) is 23.7 Å². The maximum absolute atomic E-state index is 13.0. The standard InChI is InChI=1S/C21H25F3NO3S/c1-14-10-16(8-9-29-14)25(2)12-19(28-13-21(22,23)24)20(27)17(25)11-18(26)15-6-4-3-5-7-15/h3-7,12,14,16-17H,8-11,13H2,1-2H3/q+1. The number of ether oxygens (including phenoxy) is 1. The average molecular weight is 428 g/mol. The Balaban J connectivity index is 1.87. The Morgan fingerprint density at radius 2 is 1.97 bits per heavy atom. The van der Waals surface area contributed by atoms with Gasteiger partial charge in [0.15, 0.2) is 18.4 Å². The highest BCUT2D eigenvalue weighted by atomic mass is 32.2. The van der Waals surface area contributed by atoms with Crippen LogP contribution in [0, 0.1) is 0 Å². The van der Waals surface area contributed by atoms with Crippen LogP contribution in [0.15, 0.2) is 42.3 Å². The summed E-state index contributed by atoms with van der Waals surface area (Å²) in [7, 11) is 1.83. The Bertz CT molecular complexity index is 796. The van der Waals surface area contributed by atoms with Crippen molar-refractivity contribution in [3.8, 4) is 0 Å². The van der Waals surface area contributed by atoms with Gasteiger partial charge in [-0.05, 0) is 5.75 Å². The molecule has 158 valence electrons. The molecule has 0 saturated carbocycles. The Labute approximate surface area is 172 Å². The molecule has 29 heavy (non-hydrogen) atoms. The number of ketones is 2. The first kappa shape index (κ1) is 21.9. The van der Waals surface area contributed by atoms with Crippen LogP contribution in [0.3, 0.4) is 0 Å². The normalized spacial score (nSPS) is 30.2. The van der Waals surface area contributed by atoms with Gasteiger partial charge in [0.25, 0.3) is 5.78 Å². The minimum Gasteiger partial charge on any atom is -0.476 e. The number of quaternary nitrogens is 1. The van der Waals surface area contributed by atoms with Gasteiger partial charge in [-0.1, -0.05) is 37.3 Å². The molecule has 0 aliphatic carbocycles. The van der Waals surface area contributed by atoms with Crippen molar-refractivity contribution in [2.45, 2.75) is 49.7 Å². The summed E-state index contributed by atoms with van der Waals surface area (Å²) < 4.78 is 42.9. The first-order chi connectivity index (χ1) is 13.6. The zero-order chi connectivity index (χ0) is 21.2. The SMILES string of the molecule is CC1CC([N+]2(C)C=C(OCC(F)(F)F)C(=O)C2CC(=O)c2ccccc2)CCS1. The van der Waals surface area contributed by atoms with Crippen LogP contribution in [0.1, 0.15) is 36.5 Å². The highest BCUT2D eigenvalue weighted by Gasteiger charge is 2.53. The lowest BCUT2D eigenvalue weighted by Crippen LogP contribution is -2.57. The lowest BCUT2D eigenvalue weighted by atomic mass is 9.96. The van der Waals surface area contributed by atoms with Crippen molar-refractivity contribution >= 4 is 23.3 Å². The first-order valence-electron chi connectivity index (χ1n) is 9.62. The van der Waals surface area contributed by atoms with Gasteiger partial charge >= 0.3 is 6.18 Å². The molecule has 4 nitrogen and oxygen atoms in total. The van der Waals surface area contributed by atoms with Gasteiger partial charge < -0.3 is 4.74 Å². The summed E-state index contributed by atoms with van der Waals surface area (Å²) in [5, 5.41) is 0.387. The zero-order valence-corrected chi connectivity index (χ0v) is 17.3. The molecular weight excluding hydrogens is 403 g/mol. The molecule has 1 aromatic carbocycles. The van der Waals surface area contributed by atoms with Gasteiger partial charge in [-0.3, -0.25) is 14.1 Å². The van der Waals surface area contributed by atoms with Crippen LogP contribution in [0.25, 0.3) is 0 Å². The Kier molecular flexibility index (Phi) is 6.43. The van der Waals surface area contributed by atoms with E-state index in [1.807, 2.05) is 18.8 Å². The number of hydrogen-bond acceptors (Lipinski definition) is 4. The van der Waals surface area contributed by atoms with E-state index in [9.17, 15) is 22.8 Å². The topological polar surface area (TPSA) is 43.4 Å². The predicted octanol–water partition coefficient (Wildman–Crippen LogP) is 4.36. The minimum atomic E-state index is -4.53. The highest BCUT2D eigenvalue weighted by molar-refractivity contribution is 7.99. The van der Waals surface area contributed by atoms with Gasteiger partial charge in [0.1, 0.15) is 6.20 Å². The average Bonchev–Trinajstić information content (AvgIpc) is 2.92. The van der Waals surface area contributed by atoms with Gasteiger partial charge in [-0.2, -0.15) is 24.9 Å². The summed E-state index contributed by atoms with van der Waals surface area (Å²) in [6, 6.07) is 7.92. The molecule has 1 aromatic rings. The molecule has 0 bridgehead atoms. The number of hydrogen-bond donors (Lipinski definition) is 0. The van der Waals surface area contributed by atoms with Crippen molar-refractivity contribution in [2.24, 2.45) is 0 Å². The van der Waals surface area contributed by atoms with Crippen molar-refractivity contribution < 1.29 is 32.0 Å². The summed E-state index contributed by atoms with van der Waals surface area (Å²) in [4.78, 5) is 25.8. The zero-order valence-electron chi connectivity index (χ0n) is 16.4. The molecule has 0 spiro atoms. The molecule has 3 rings (SSSR count). The third-order valence-electron chi connectivity index (χ3n) is 5.72. The Hall–Kier alpha value is -1.80. The second-order valence-corrected chi connectivity index (χ2v) is 9.40. The quantitative estimate of drug-likeness (QED) is 0.499.